The Morgan fingerprint density at radius 2 is 1.66 bits per heavy atom. The third kappa shape index (κ3) is 5.84. The molecule has 4 rings (SSSR count). The van der Waals surface area contributed by atoms with Crippen LogP contribution in [0.3, 0.4) is 0 Å². The predicted octanol–water partition coefficient (Wildman–Crippen LogP) is 7.75. The molecule has 5 heteroatoms. The Hall–Kier alpha value is -3.34. The smallest absolute Gasteiger partial charge is 0.335 e. The van der Waals surface area contributed by atoms with Crippen molar-refractivity contribution >= 4 is 29.1 Å². The Kier molecular flexibility index (Phi) is 8.55. The topological polar surface area (TPSA) is 58.6 Å². The molecule has 0 radical (unpaired) electrons. The maximum atomic E-state index is 11.7. The van der Waals surface area contributed by atoms with Gasteiger partial charge in [-0.25, -0.2) is 4.79 Å². The zero-order valence-electron chi connectivity index (χ0n) is 20.5. The molecular formula is C30H32ClNO3. The molecular weight excluding hydrogens is 458 g/mol. The minimum absolute atomic E-state index is 0. The first-order valence-corrected chi connectivity index (χ1v) is 11.7. The highest BCUT2D eigenvalue weighted by Gasteiger charge is 2.16. The molecule has 0 aliphatic carbocycles. The summed E-state index contributed by atoms with van der Waals surface area (Å²) in [5.74, 6) is -0.0270. The number of rotatable bonds is 8. The van der Waals surface area contributed by atoms with Gasteiger partial charge >= 0.3 is 5.97 Å². The Balaban J connectivity index is 0.00000342. The van der Waals surface area contributed by atoms with E-state index in [4.69, 9.17) is 4.74 Å². The lowest BCUT2D eigenvalue weighted by Crippen LogP contribution is -2.22. The highest BCUT2D eigenvalue weighted by molar-refractivity contribution is 5.99. The maximum absolute atomic E-state index is 11.7. The summed E-state index contributed by atoms with van der Waals surface area (Å²) in [5, 5.41) is 15.6. The highest BCUT2D eigenvalue weighted by Crippen LogP contribution is 2.34. The largest absolute Gasteiger partial charge is 0.494 e. The van der Waals surface area contributed by atoms with Gasteiger partial charge in [0.05, 0.1) is 12.2 Å². The van der Waals surface area contributed by atoms with Gasteiger partial charge in [0, 0.05) is 12.1 Å². The normalized spacial score (nSPS) is 12.6. The summed E-state index contributed by atoms with van der Waals surface area (Å²) < 4.78 is 5.66. The van der Waals surface area contributed by atoms with E-state index in [2.05, 4.69) is 55.6 Å². The van der Waals surface area contributed by atoms with Crippen LogP contribution in [-0.2, 0) is 0 Å². The van der Waals surface area contributed by atoms with Gasteiger partial charge in [-0.3, -0.25) is 0 Å². The van der Waals surface area contributed by atoms with Crippen LogP contribution in [0.5, 0.6) is 5.75 Å². The lowest BCUT2D eigenvalue weighted by atomic mass is 9.91. The van der Waals surface area contributed by atoms with Crippen molar-refractivity contribution in [2.45, 2.75) is 39.8 Å². The van der Waals surface area contributed by atoms with Crippen LogP contribution in [0.25, 0.3) is 21.9 Å². The molecule has 0 spiro atoms. The van der Waals surface area contributed by atoms with E-state index < -0.39 is 5.97 Å². The summed E-state index contributed by atoms with van der Waals surface area (Å²) in [6.07, 6.45) is 0. The predicted molar refractivity (Wildman–Crippen MR) is 146 cm³/mol. The SMILES string of the molecule is CCOc1cccc([C@@H](C)NC(C)c2cc(-c3ccc(C)c(C(=O)O)c3)c3ccccc3c2)c1.Cl. The number of hydrogen-bond acceptors (Lipinski definition) is 3. The Morgan fingerprint density at radius 1 is 0.914 bits per heavy atom. The summed E-state index contributed by atoms with van der Waals surface area (Å²) in [6.45, 7) is 8.78. The second kappa shape index (κ2) is 11.4. The number of carboxylic acid groups (broad SMARTS) is 1. The second-order valence-corrected chi connectivity index (χ2v) is 8.74. The summed E-state index contributed by atoms with van der Waals surface area (Å²) in [5.41, 5.74) is 5.36. The maximum Gasteiger partial charge on any atom is 0.335 e. The van der Waals surface area contributed by atoms with Crippen molar-refractivity contribution in [1.29, 1.82) is 0 Å². The molecule has 0 aliphatic heterocycles. The number of ether oxygens (including phenoxy) is 1. The van der Waals surface area contributed by atoms with Crippen LogP contribution >= 0.6 is 12.4 Å². The van der Waals surface area contributed by atoms with Gasteiger partial charge in [-0.15, -0.1) is 12.4 Å². The van der Waals surface area contributed by atoms with Gasteiger partial charge in [0.15, 0.2) is 0 Å². The molecule has 0 fully saturated rings. The van der Waals surface area contributed by atoms with Crippen LogP contribution in [0, 0.1) is 6.92 Å². The van der Waals surface area contributed by atoms with E-state index in [0.717, 1.165) is 38.8 Å². The van der Waals surface area contributed by atoms with Crippen LogP contribution in [0.4, 0.5) is 0 Å². The average Bonchev–Trinajstić information content (AvgIpc) is 2.84. The van der Waals surface area contributed by atoms with Gasteiger partial charge < -0.3 is 15.2 Å². The number of fused-ring (bicyclic) bond motifs is 1. The number of carboxylic acids is 1. The third-order valence-electron chi connectivity index (χ3n) is 6.33. The molecule has 1 unspecified atom stereocenters. The number of benzene rings is 4. The van der Waals surface area contributed by atoms with E-state index >= 15 is 0 Å². The van der Waals surface area contributed by atoms with Gasteiger partial charge in [-0.2, -0.15) is 0 Å². The highest BCUT2D eigenvalue weighted by atomic mass is 35.5. The molecule has 35 heavy (non-hydrogen) atoms. The molecule has 2 N–H and O–H groups in total. The fourth-order valence-electron chi connectivity index (χ4n) is 4.45. The summed E-state index contributed by atoms with van der Waals surface area (Å²) in [7, 11) is 0. The first-order valence-electron chi connectivity index (χ1n) is 11.7. The molecule has 4 aromatic carbocycles. The van der Waals surface area contributed by atoms with Crippen molar-refractivity contribution in [2.75, 3.05) is 6.61 Å². The molecule has 4 nitrogen and oxygen atoms in total. The van der Waals surface area contributed by atoms with Crippen LogP contribution in [-0.4, -0.2) is 17.7 Å². The average molecular weight is 490 g/mol. The van der Waals surface area contributed by atoms with Crippen molar-refractivity contribution < 1.29 is 14.6 Å². The molecule has 0 heterocycles. The number of aromatic carboxylic acids is 1. The van der Waals surface area contributed by atoms with Crippen molar-refractivity contribution in [1.82, 2.24) is 5.32 Å². The van der Waals surface area contributed by atoms with Crippen LogP contribution < -0.4 is 10.1 Å². The van der Waals surface area contributed by atoms with Crippen molar-refractivity contribution in [2.24, 2.45) is 0 Å². The van der Waals surface area contributed by atoms with Gasteiger partial charge in [-0.1, -0.05) is 48.5 Å². The van der Waals surface area contributed by atoms with Gasteiger partial charge in [-0.05, 0) is 96.6 Å². The van der Waals surface area contributed by atoms with E-state index in [-0.39, 0.29) is 24.5 Å². The number of halogens is 1. The van der Waals surface area contributed by atoms with E-state index in [1.807, 2.05) is 50.2 Å². The summed E-state index contributed by atoms with van der Waals surface area (Å²) >= 11 is 0. The fraction of sp³-hybridized carbons (Fsp3) is 0.233. The van der Waals surface area contributed by atoms with E-state index in [0.29, 0.717) is 12.2 Å². The Bertz CT molecular complexity index is 1330. The number of carbonyl (C=O) groups is 1. The second-order valence-electron chi connectivity index (χ2n) is 8.74. The number of hydrogen-bond donors (Lipinski definition) is 2. The lowest BCUT2D eigenvalue weighted by Gasteiger charge is -2.23. The van der Waals surface area contributed by atoms with Crippen molar-refractivity contribution in [3.8, 4) is 16.9 Å². The molecule has 0 aromatic heterocycles. The number of aryl methyl sites for hydroxylation is 1. The molecule has 0 saturated carbocycles. The van der Waals surface area contributed by atoms with E-state index in [1.165, 1.54) is 5.56 Å². The quantitative estimate of drug-likeness (QED) is 0.265. The molecule has 4 aromatic rings. The van der Waals surface area contributed by atoms with Crippen LogP contribution in [0.15, 0.2) is 78.9 Å². The molecule has 2 atom stereocenters. The molecule has 0 saturated heterocycles. The summed E-state index contributed by atoms with van der Waals surface area (Å²) in [6, 6.07) is 26.7. The fourth-order valence-corrected chi connectivity index (χ4v) is 4.45. The first-order chi connectivity index (χ1) is 16.4. The Morgan fingerprint density at radius 3 is 2.40 bits per heavy atom. The van der Waals surface area contributed by atoms with Gasteiger partial charge in [0.1, 0.15) is 5.75 Å². The standard InChI is InChI=1S/C30H31NO3.ClH/c1-5-34-26-11-8-10-22(16-26)20(3)31-21(4)25-15-23-9-6-7-12-27(23)29(18-25)24-14-13-19(2)28(17-24)30(32)33;/h6-18,20-21,31H,5H2,1-4H3,(H,32,33);1H/t20-,21?;/m1./s1. The van der Waals surface area contributed by atoms with Gasteiger partial charge in [0.25, 0.3) is 0 Å². The van der Waals surface area contributed by atoms with Crippen LogP contribution in [0.2, 0.25) is 0 Å². The van der Waals surface area contributed by atoms with E-state index in [9.17, 15) is 9.90 Å². The third-order valence-corrected chi connectivity index (χ3v) is 6.33. The molecule has 0 bridgehead atoms. The Labute approximate surface area is 213 Å². The van der Waals surface area contributed by atoms with Crippen molar-refractivity contribution in [3.05, 3.63) is 101 Å². The number of nitrogens with one attached hydrogen (secondary N) is 1. The van der Waals surface area contributed by atoms with Gasteiger partial charge in [0.2, 0.25) is 0 Å². The molecule has 0 amide bonds. The molecule has 0 aliphatic rings. The van der Waals surface area contributed by atoms with Crippen LogP contribution in [0.1, 0.15) is 59.9 Å². The van der Waals surface area contributed by atoms with Crippen molar-refractivity contribution in [3.63, 3.8) is 0 Å². The minimum atomic E-state index is -0.905. The van der Waals surface area contributed by atoms with E-state index in [1.54, 1.807) is 6.07 Å². The minimum Gasteiger partial charge on any atom is -0.494 e. The summed E-state index contributed by atoms with van der Waals surface area (Å²) in [4.78, 5) is 11.7. The first kappa shape index (κ1) is 26.3. The monoisotopic (exact) mass is 489 g/mol. The zero-order valence-corrected chi connectivity index (χ0v) is 21.4. The molecule has 182 valence electrons. The zero-order chi connectivity index (χ0) is 24.2. The lowest BCUT2D eigenvalue weighted by molar-refractivity contribution is 0.0696.